The van der Waals surface area contributed by atoms with Gasteiger partial charge in [-0.15, -0.1) is 6.54 Å². The van der Waals surface area contributed by atoms with Crippen LogP contribution >= 0.6 is 0 Å². The van der Waals surface area contributed by atoms with E-state index in [4.69, 9.17) is 10.7 Å². The molecule has 5 heteroatoms. The van der Waals surface area contributed by atoms with Gasteiger partial charge in [0.15, 0.2) is 0 Å². The van der Waals surface area contributed by atoms with Gasteiger partial charge in [0.2, 0.25) is 0 Å². The summed E-state index contributed by atoms with van der Waals surface area (Å²) in [5.74, 6) is -0.128. The maximum Gasteiger partial charge on any atom is 1.00 e. The molecule has 1 aromatic heterocycles. The van der Waals surface area contributed by atoms with Crippen LogP contribution in [0.4, 0.5) is 4.39 Å². The van der Waals surface area contributed by atoms with E-state index < -0.39 is 0 Å². The Balaban J connectivity index is 0.00000291. The van der Waals surface area contributed by atoms with E-state index >= 15 is 0 Å². The summed E-state index contributed by atoms with van der Waals surface area (Å²) in [6.45, 7) is 13.2. The zero-order valence-corrected chi connectivity index (χ0v) is 26.6. The minimum Gasteiger partial charge on any atom is -0.676 e. The van der Waals surface area contributed by atoms with Gasteiger partial charge in [-0.3, -0.25) is 4.98 Å². The molecule has 0 fully saturated rings. The zero-order valence-electron chi connectivity index (χ0n) is 20.3. The minimum absolute atomic E-state index is 0. The first-order valence-electron chi connectivity index (χ1n) is 11.3. The van der Waals surface area contributed by atoms with Crippen LogP contribution in [0.2, 0.25) is 0 Å². The van der Waals surface area contributed by atoms with Crippen LogP contribution in [-0.2, 0) is 25.7 Å². The molecule has 0 saturated heterocycles. The quantitative estimate of drug-likeness (QED) is 0.442. The Morgan fingerprint density at radius 3 is 2.48 bits per heavy atom. The van der Waals surface area contributed by atoms with Gasteiger partial charge >= 0.3 is 68.9 Å². The van der Waals surface area contributed by atoms with E-state index in [0.29, 0.717) is 19.5 Å². The number of nitrogens with zero attached hydrogens (tertiary/aromatic N) is 1. The van der Waals surface area contributed by atoms with Gasteiger partial charge < -0.3 is 11.1 Å². The molecule has 2 N–H and O–H groups in total. The second-order valence-electron chi connectivity index (χ2n) is 7.33. The Kier molecular flexibility index (Phi) is 18.2. The molecule has 0 saturated carbocycles. The summed E-state index contributed by atoms with van der Waals surface area (Å²) in [5.41, 5.74) is 13.4. The molecule has 0 aliphatic carbocycles. The molecule has 1 aromatic carbocycles. The Morgan fingerprint density at radius 1 is 1.10 bits per heavy atom. The number of aryl methyl sites for hydroxylation is 4. The standard InChI is InChI=1S/C24H33FN3.C2H6.Cs/c1-4-5-8-20-11-12-21(13-14-22-18(2)7-6-9-23(22)25)28-24(20)15-10-19(3)27-17-16-26;1-2;/h6-7,9,11-12,26-27H,3-5,8,10,13-17H2,1-2H3;1-2H3;/q-1;;+1. The van der Waals surface area contributed by atoms with Crippen molar-refractivity contribution >= 4 is 0 Å². The maximum atomic E-state index is 14.1. The van der Waals surface area contributed by atoms with Gasteiger partial charge in [0.05, 0.1) is 0 Å². The van der Waals surface area contributed by atoms with Crippen LogP contribution in [0.3, 0.4) is 0 Å². The number of nitrogens with one attached hydrogen (secondary N) is 2. The Morgan fingerprint density at radius 2 is 1.84 bits per heavy atom. The van der Waals surface area contributed by atoms with E-state index in [1.165, 1.54) is 11.6 Å². The number of aromatic nitrogens is 1. The molecular formula is C26H39CsFN3. The summed E-state index contributed by atoms with van der Waals surface area (Å²) in [6.07, 6.45) is 6.42. The van der Waals surface area contributed by atoms with E-state index in [1.54, 1.807) is 6.07 Å². The molecule has 0 bridgehead atoms. The van der Waals surface area contributed by atoms with Gasteiger partial charge in [0.25, 0.3) is 0 Å². The van der Waals surface area contributed by atoms with E-state index in [1.807, 2.05) is 26.8 Å². The SMILES string of the molecule is C=C(CCc1nc(CCc2c(C)cccc2F)ccc1CCCC)NCC[NH-].CC.[Cs+]. The second-order valence-corrected chi connectivity index (χ2v) is 7.33. The van der Waals surface area contributed by atoms with E-state index in [-0.39, 0.29) is 74.7 Å². The minimum atomic E-state index is -0.128. The molecule has 0 radical (unpaired) electrons. The monoisotopic (exact) mass is 545 g/mol. The number of hydrogen-bond donors (Lipinski definition) is 1. The fourth-order valence-electron chi connectivity index (χ4n) is 3.36. The number of halogens is 1. The van der Waals surface area contributed by atoms with Gasteiger partial charge in [-0.05, 0) is 80.8 Å². The molecule has 0 atom stereocenters. The second kappa shape index (κ2) is 18.3. The average molecular weight is 546 g/mol. The van der Waals surface area contributed by atoms with Crippen LogP contribution < -0.4 is 74.2 Å². The molecule has 0 aliphatic rings. The van der Waals surface area contributed by atoms with Crippen molar-refractivity contribution in [3.63, 3.8) is 0 Å². The van der Waals surface area contributed by atoms with Gasteiger partial charge in [0, 0.05) is 17.1 Å². The van der Waals surface area contributed by atoms with Gasteiger partial charge in [-0.2, -0.15) is 0 Å². The van der Waals surface area contributed by atoms with Crippen molar-refractivity contribution in [3.8, 4) is 0 Å². The number of hydrogen-bond acceptors (Lipinski definition) is 2. The summed E-state index contributed by atoms with van der Waals surface area (Å²) >= 11 is 0. The molecule has 0 unspecified atom stereocenters. The molecule has 0 amide bonds. The third-order valence-electron chi connectivity index (χ3n) is 5.07. The van der Waals surface area contributed by atoms with E-state index in [0.717, 1.165) is 66.7 Å². The largest absolute Gasteiger partial charge is 1.00 e. The molecule has 3 nitrogen and oxygen atoms in total. The number of benzene rings is 1. The van der Waals surface area contributed by atoms with Gasteiger partial charge in [-0.25, -0.2) is 4.39 Å². The van der Waals surface area contributed by atoms with E-state index in [2.05, 4.69) is 31.0 Å². The summed E-state index contributed by atoms with van der Waals surface area (Å²) in [7, 11) is 0. The third-order valence-corrected chi connectivity index (χ3v) is 5.07. The predicted octanol–water partition coefficient (Wildman–Crippen LogP) is 3.78. The molecule has 2 rings (SSSR count). The maximum absolute atomic E-state index is 14.1. The van der Waals surface area contributed by atoms with Crippen LogP contribution in [0.1, 0.15) is 68.1 Å². The number of allylic oxidation sites excluding steroid dienone is 1. The topological polar surface area (TPSA) is 48.7 Å². The third kappa shape index (κ3) is 11.5. The van der Waals surface area contributed by atoms with Crippen molar-refractivity contribution in [1.29, 1.82) is 0 Å². The molecular weight excluding hydrogens is 506 g/mol. The number of pyridine rings is 1. The summed E-state index contributed by atoms with van der Waals surface area (Å²) < 4.78 is 14.1. The van der Waals surface area contributed by atoms with Gasteiger partial charge in [-0.1, -0.05) is 52.0 Å². The molecule has 1 heterocycles. The Hall–Kier alpha value is -0.148. The Labute approximate surface area is 248 Å². The zero-order chi connectivity index (χ0) is 22.4. The molecule has 2 aromatic rings. The van der Waals surface area contributed by atoms with Crippen molar-refractivity contribution in [1.82, 2.24) is 10.3 Å². The summed E-state index contributed by atoms with van der Waals surface area (Å²) in [6, 6.07) is 9.54. The van der Waals surface area contributed by atoms with Crippen molar-refractivity contribution in [2.75, 3.05) is 13.1 Å². The first-order valence-corrected chi connectivity index (χ1v) is 11.3. The molecule has 31 heavy (non-hydrogen) atoms. The fraction of sp³-hybridized carbons (Fsp3) is 0.500. The average Bonchev–Trinajstić information content (AvgIpc) is 2.76. The van der Waals surface area contributed by atoms with Crippen molar-refractivity contribution in [2.45, 2.75) is 72.6 Å². The van der Waals surface area contributed by atoms with E-state index in [9.17, 15) is 4.39 Å². The number of rotatable bonds is 12. The van der Waals surface area contributed by atoms with Crippen LogP contribution in [0.15, 0.2) is 42.6 Å². The normalized spacial score (nSPS) is 10.0. The van der Waals surface area contributed by atoms with Crippen molar-refractivity contribution in [2.24, 2.45) is 0 Å². The first-order chi connectivity index (χ1) is 14.5. The number of unbranched alkanes of at least 4 members (excludes halogenated alkanes) is 1. The summed E-state index contributed by atoms with van der Waals surface area (Å²) in [4.78, 5) is 4.92. The predicted molar refractivity (Wildman–Crippen MR) is 127 cm³/mol. The molecule has 166 valence electrons. The van der Waals surface area contributed by atoms with Crippen molar-refractivity contribution < 1.29 is 73.3 Å². The smallest absolute Gasteiger partial charge is 0.676 e. The Bertz CT molecular complexity index is 757. The molecule has 0 spiro atoms. The first kappa shape index (κ1) is 30.9. The summed E-state index contributed by atoms with van der Waals surface area (Å²) in [5, 5.41) is 3.19. The van der Waals surface area contributed by atoms with Crippen molar-refractivity contribution in [3.05, 3.63) is 82.2 Å². The van der Waals surface area contributed by atoms with Crippen LogP contribution in [0, 0.1) is 12.7 Å². The van der Waals surface area contributed by atoms with Crippen LogP contribution in [-0.4, -0.2) is 18.1 Å². The van der Waals surface area contributed by atoms with Crippen LogP contribution in [0.25, 0.3) is 5.73 Å². The van der Waals surface area contributed by atoms with Gasteiger partial charge in [0.1, 0.15) is 5.82 Å². The van der Waals surface area contributed by atoms with Crippen LogP contribution in [0.5, 0.6) is 0 Å². The fourth-order valence-corrected chi connectivity index (χ4v) is 3.36. The molecule has 0 aliphatic heterocycles.